The number of fused-ring (bicyclic) bond motifs is 13. The van der Waals surface area contributed by atoms with Crippen LogP contribution in [-0.4, -0.2) is 10.5 Å². The van der Waals surface area contributed by atoms with Gasteiger partial charge >= 0.3 is 0 Å². The summed E-state index contributed by atoms with van der Waals surface area (Å²) in [5.74, 6) is 0.853. The van der Waals surface area contributed by atoms with Gasteiger partial charge < -0.3 is 5.32 Å². The summed E-state index contributed by atoms with van der Waals surface area (Å²) < 4.78 is 6.32. The molecule has 1 unspecified atom stereocenters. The second kappa shape index (κ2) is 10.4. The quantitative estimate of drug-likeness (QED) is 0.196. The molecule has 3 nitrogen and oxygen atoms in total. The van der Waals surface area contributed by atoms with Crippen molar-refractivity contribution in [2.75, 3.05) is 5.32 Å². The first-order valence-corrected chi connectivity index (χ1v) is 18.2. The number of benzene rings is 7. The summed E-state index contributed by atoms with van der Waals surface area (Å²) >= 11 is 3.71. The molecule has 7 aromatic carbocycles. The molecule has 1 N–H and O–H groups in total. The number of nitrogens with zero attached hydrogens (tertiary/aromatic N) is 2. The van der Waals surface area contributed by atoms with Crippen molar-refractivity contribution >= 4 is 96.5 Å². The normalized spacial score (nSPS) is 14.6. The zero-order chi connectivity index (χ0) is 32.1. The molecule has 0 saturated carbocycles. The predicted octanol–water partition coefficient (Wildman–Crippen LogP) is 12.6. The molecule has 3 aromatic heterocycles. The van der Waals surface area contributed by atoms with Gasteiger partial charge in [0.15, 0.2) is 0 Å². The van der Waals surface area contributed by atoms with E-state index >= 15 is 0 Å². The second-order valence-corrected chi connectivity index (χ2v) is 14.8. The van der Waals surface area contributed by atoms with Gasteiger partial charge in [0, 0.05) is 57.4 Å². The van der Waals surface area contributed by atoms with Gasteiger partial charge in [-0.25, -0.2) is 4.99 Å². The number of para-hydroxylation sites is 1. The van der Waals surface area contributed by atoms with Gasteiger partial charge in [-0.15, -0.1) is 22.7 Å². The molecule has 11 rings (SSSR count). The first-order valence-electron chi connectivity index (χ1n) is 16.6. The highest BCUT2D eigenvalue weighted by molar-refractivity contribution is 7.27. The fourth-order valence-electron chi connectivity index (χ4n) is 7.93. The van der Waals surface area contributed by atoms with Gasteiger partial charge in [-0.3, -0.25) is 4.57 Å². The minimum atomic E-state index is -0.166. The van der Waals surface area contributed by atoms with Crippen molar-refractivity contribution in [2.45, 2.75) is 6.04 Å². The van der Waals surface area contributed by atoms with E-state index in [4.69, 9.17) is 4.99 Å². The maximum Gasteiger partial charge on any atom is 0.209 e. The van der Waals surface area contributed by atoms with Crippen LogP contribution < -0.4 is 5.32 Å². The molecule has 0 radical (unpaired) electrons. The average molecular weight is 662 g/mol. The Morgan fingerprint density at radius 2 is 1.12 bits per heavy atom. The number of aromatic nitrogens is 1. The molecule has 230 valence electrons. The Hall–Kier alpha value is -5.75. The van der Waals surface area contributed by atoms with Crippen molar-refractivity contribution < 1.29 is 0 Å². The molecular weight excluding hydrogens is 635 g/mol. The number of aliphatic imine (C=N–C) groups is 1. The van der Waals surface area contributed by atoms with E-state index in [0.717, 1.165) is 16.5 Å². The summed E-state index contributed by atoms with van der Waals surface area (Å²) in [4.78, 5) is 5.68. The average Bonchev–Trinajstić information content (AvgIpc) is 3.85. The van der Waals surface area contributed by atoms with Gasteiger partial charge in [0.1, 0.15) is 11.0 Å². The lowest BCUT2D eigenvalue weighted by Gasteiger charge is -2.25. The van der Waals surface area contributed by atoms with Crippen LogP contribution in [0.5, 0.6) is 0 Å². The Balaban J connectivity index is 1.23. The molecule has 0 aliphatic carbocycles. The number of rotatable bonds is 2. The third-order valence-electron chi connectivity index (χ3n) is 10.1. The van der Waals surface area contributed by atoms with Crippen LogP contribution in [0.4, 0.5) is 5.00 Å². The molecule has 0 spiro atoms. The second-order valence-electron chi connectivity index (χ2n) is 12.7. The monoisotopic (exact) mass is 661 g/mol. The fraction of sp³-hybridized carbons (Fsp3) is 0.0227. The van der Waals surface area contributed by atoms with E-state index in [9.17, 15) is 0 Å². The maximum atomic E-state index is 5.68. The van der Waals surface area contributed by atoms with E-state index in [2.05, 4.69) is 162 Å². The van der Waals surface area contributed by atoms with E-state index in [0.29, 0.717) is 0 Å². The lowest BCUT2D eigenvalue weighted by Crippen LogP contribution is -2.26. The lowest BCUT2D eigenvalue weighted by atomic mass is 9.95. The zero-order valence-corrected chi connectivity index (χ0v) is 27.9. The number of hydrogen-bond donors (Lipinski definition) is 1. The molecule has 0 amide bonds. The lowest BCUT2D eigenvalue weighted by molar-refractivity contribution is 0.865. The van der Waals surface area contributed by atoms with Crippen LogP contribution in [0.15, 0.2) is 157 Å². The van der Waals surface area contributed by atoms with Crippen LogP contribution in [0.25, 0.3) is 74.0 Å². The smallest absolute Gasteiger partial charge is 0.209 e. The zero-order valence-electron chi connectivity index (χ0n) is 26.2. The molecule has 0 saturated heterocycles. The molecule has 0 bridgehead atoms. The molecular formula is C44H27N3S2. The van der Waals surface area contributed by atoms with Crippen LogP contribution in [0.2, 0.25) is 0 Å². The standard InChI is InChI=1S/C44H27N3S2/c1-2-12-26(13-3-1)27-22-24-28(25-23-27)40-39-33-18-8-11-21-36(33)49-43(39)46-44(45-40)47-34-19-9-6-16-31(34)37-38-32-17-7-10-20-35(32)48-42(38)30-15-5-4-14-29(30)41(37)47/h1-25,40H,(H,45,46). The Kier molecular flexibility index (Phi) is 5.76. The van der Waals surface area contributed by atoms with Gasteiger partial charge in [-0.05, 0) is 34.9 Å². The minimum absolute atomic E-state index is 0.166. The van der Waals surface area contributed by atoms with Crippen molar-refractivity contribution in [3.63, 3.8) is 0 Å². The molecule has 1 aliphatic rings. The molecule has 49 heavy (non-hydrogen) atoms. The third-order valence-corrected chi connectivity index (χ3v) is 12.4. The van der Waals surface area contributed by atoms with Crippen LogP contribution >= 0.6 is 22.7 Å². The van der Waals surface area contributed by atoms with E-state index in [1.165, 1.54) is 79.6 Å². The minimum Gasteiger partial charge on any atom is -0.317 e. The highest BCUT2D eigenvalue weighted by atomic mass is 32.1. The van der Waals surface area contributed by atoms with E-state index < -0.39 is 0 Å². The van der Waals surface area contributed by atoms with Crippen molar-refractivity contribution in [1.29, 1.82) is 0 Å². The van der Waals surface area contributed by atoms with E-state index in [1.807, 2.05) is 22.7 Å². The summed E-state index contributed by atoms with van der Waals surface area (Å²) in [6.07, 6.45) is 0. The van der Waals surface area contributed by atoms with Gasteiger partial charge in [0.05, 0.1) is 11.0 Å². The largest absolute Gasteiger partial charge is 0.317 e. The van der Waals surface area contributed by atoms with Crippen LogP contribution in [-0.2, 0) is 0 Å². The number of hydrogen-bond acceptors (Lipinski definition) is 4. The van der Waals surface area contributed by atoms with Crippen molar-refractivity contribution in [2.24, 2.45) is 4.99 Å². The van der Waals surface area contributed by atoms with Crippen molar-refractivity contribution in [3.8, 4) is 11.1 Å². The fourth-order valence-corrected chi connectivity index (χ4v) is 10.3. The maximum absolute atomic E-state index is 5.68. The van der Waals surface area contributed by atoms with E-state index in [-0.39, 0.29) is 6.04 Å². The SMILES string of the molecule is c1ccc(-c2ccc(C3N=C(n4c5ccccc5c5c6c7ccccc7sc6c6ccccc6c54)Nc4sc5ccccc5c43)cc2)cc1. The van der Waals surface area contributed by atoms with Gasteiger partial charge in [0.25, 0.3) is 0 Å². The molecule has 1 aliphatic heterocycles. The Morgan fingerprint density at radius 3 is 1.92 bits per heavy atom. The molecule has 5 heteroatoms. The molecule has 10 aromatic rings. The van der Waals surface area contributed by atoms with Crippen LogP contribution in [0.1, 0.15) is 17.2 Å². The summed E-state index contributed by atoms with van der Waals surface area (Å²) in [6, 6.07) is 54.8. The summed E-state index contributed by atoms with van der Waals surface area (Å²) in [5.41, 5.74) is 7.20. The topological polar surface area (TPSA) is 29.3 Å². The number of thiophene rings is 2. The number of anilines is 1. The molecule has 1 atom stereocenters. The van der Waals surface area contributed by atoms with Crippen molar-refractivity contribution in [3.05, 3.63) is 163 Å². The Bertz CT molecular complexity index is 2960. The molecule has 0 fully saturated rings. The first-order chi connectivity index (χ1) is 24.3. The van der Waals surface area contributed by atoms with Crippen molar-refractivity contribution in [1.82, 2.24) is 4.57 Å². The van der Waals surface area contributed by atoms with Crippen LogP contribution in [0, 0.1) is 0 Å². The van der Waals surface area contributed by atoms with Crippen LogP contribution in [0.3, 0.4) is 0 Å². The first kappa shape index (κ1) is 27.2. The molecule has 4 heterocycles. The summed E-state index contributed by atoms with van der Waals surface area (Å²) in [7, 11) is 0. The Labute approximate surface area is 290 Å². The number of nitrogens with one attached hydrogen (secondary N) is 1. The highest BCUT2D eigenvalue weighted by Gasteiger charge is 2.31. The predicted molar refractivity (Wildman–Crippen MR) is 212 cm³/mol. The third kappa shape index (κ3) is 3.91. The summed E-state index contributed by atoms with van der Waals surface area (Å²) in [6.45, 7) is 0. The highest BCUT2D eigenvalue weighted by Crippen LogP contribution is 2.49. The van der Waals surface area contributed by atoms with Gasteiger partial charge in [-0.2, -0.15) is 0 Å². The Morgan fingerprint density at radius 1 is 0.510 bits per heavy atom. The van der Waals surface area contributed by atoms with Gasteiger partial charge in [-0.1, -0.05) is 133 Å². The van der Waals surface area contributed by atoms with E-state index in [1.54, 1.807) is 0 Å². The summed E-state index contributed by atoms with van der Waals surface area (Å²) in [5, 5.41) is 14.0. The van der Waals surface area contributed by atoms with Gasteiger partial charge in [0.2, 0.25) is 5.96 Å².